The summed E-state index contributed by atoms with van der Waals surface area (Å²) in [7, 11) is 0. The lowest BCUT2D eigenvalue weighted by Gasteiger charge is -2.46. The summed E-state index contributed by atoms with van der Waals surface area (Å²) in [6.07, 6.45) is 2.23. The third-order valence-electron chi connectivity index (χ3n) is 4.86. The number of anilines is 2. The quantitative estimate of drug-likeness (QED) is 0.867. The lowest BCUT2D eigenvalue weighted by atomic mass is 9.77. The Bertz CT molecular complexity index is 741. The average Bonchev–Trinajstić information content (AvgIpc) is 2.95. The summed E-state index contributed by atoms with van der Waals surface area (Å²) < 4.78 is 5.23. The molecule has 2 atom stereocenters. The molecule has 2 N–H and O–H groups in total. The van der Waals surface area contributed by atoms with E-state index in [-0.39, 0.29) is 5.97 Å². The zero-order valence-electron chi connectivity index (χ0n) is 13.1. The number of para-hydroxylation sites is 1. The van der Waals surface area contributed by atoms with E-state index < -0.39 is 0 Å². The molecule has 2 aromatic rings. The minimum atomic E-state index is -0.263. The SMILES string of the molecule is CCOC(=O)c1c(N)sc2c1C1CCC2N(c2ccccc2)C1. The van der Waals surface area contributed by atoms with E-state index in [0.717, 1.165) is 24.9 Å². The number of fused-ring (bicyclic) bond motifs is 2. The van der Waals surface area contributed by atoms with E-state index in [1.807, 2.05) is 13.0 Å². The Morgan fingerprint density at radius 3 is 2.87 bits per heavy atom. The molecular weight excluding hydrogens is 308 g/mol. The number of nitrogens with zero attached hydrogens (tertiary/aromatic N) is 1. The van der Waals surface area contributed by atoms with Crippen LogP contribution >= 0.6 is 11.3 Å². The molecule has 1 aromatic heterocycles. The maximum Gasteiger partial charge on any atom is 0.341 e. The fourth-order valence-electron chi connectivity index (χ4n) is 3.93. The zero-order valence-corrected chi connectivity index (χ0v) is 13.9. The first-order valence-electron chi connectivity index (χ1n) is 8.11. The number of hydrogen-bond donors (Lipinski definition) is 1. The lowest BCUT2D eigenvalue weighted by molar-refractivity contribution is 0.0525. The number of ether oxygens (including phenoxy) is 1. The highest BCUT2D eigenvalue weighted by Gasteiger charge is 2.43. The van der Waals surface area contributed by atoms with Crippen LogP contribution in [-0.2, 0) is 4.74 Å². The van der Waals surface area contributed by atoms with E-state index in [1.54, 1.807) is 11.3 Å². The summed E-state index contributed by atoms with van der Waals surface area (Å²) in [5.74, 6) is 0.101. The van der Waals surface area contributed by atoms with Crippen molar-refractivity contribution in [1.29, 1.82) is 0 Å². The number of esters is 1. The number of nitrogen functional groups attached to an aromatic ring is 1. The highest BCUT2D eigenvalue weighted by molar-refractivity contribution is 7.16. The van der Waals surface area contributed by atoms with Crippen molar-refractivity contribution in [3.63, 3.8) is 0 Å². The Balaban J connectivity index is 1.77. The molecule has 0 saturated carbocycles. The van der Waals surface area contributed by atoms with Gasteiger partial charge in [-0.25, -0.2) is 4.79 Å². The van der Waals surface area contributed by atoms with Gasteiger partial charge in [-0.2, -0.15) is 0 Å². The second-order valence-corrected chi connectivity index (χ2v) is 7.20. The van der Waals surface area contributed by atoms with Crippen molar-refractivity contribution in [2.45, 2.75) is 31.7 Å². The number of rotatable bonds is 3. The van der Waals surface area contributed by atoms with Gasteiger partial charge >= 0.3 is 5.97 Å². The van der Waals surface area contributed by atoms with E-state index in [2.05, 4.69) is 29.2 Å². The fraction of sp³-hybridized carbons (Fsp3) is 0.389. The number of carbonyl (C=O) groups is 1. The minimum Gasteiger partial charge on any atom is -0.462 e. The van der Waals surface area contributed by atoms with Crippen molar-refractivity contribution in [1.82, 2.24) is 0 Å². The first-order chi connectivity index (χ1) is 11.2. The monoisotopic (exact) mass is 328 g/mol. The van der Waals surface area contributed by atoms with E-state index >= 15 is 0 Å². The Kier molecular flexibility index (Phi) is 3.53. The summed E-state index contributed by atoms with van der Waals surface area (Å²) in [4.78, 5) is 16.0. The molecule has 5 rings (SSSR count). The molecule has 3 aliphatic rings. The van der Waals surface area contributed by atoms with Crippen LogP contribution in [0, 0.1) is 0 Å². The summed E-state index contributed by atoms with van der Waals surface area (Å²) >= 11 is 1.57. The van der Waals surface area contributed by atoms with Crippen LogP contribution in [0.15, 0.2) is 30.3 Å². The molecule has 0 radical (unpaired) electrons. The first kappa shape index (κ1) is 14.6. The lowest BCUT2D eigenvalue weighted by Crippen LogP contribution is -2.42. The molecule has 1 aromatic carbocycles. The largest absolute Gasteiger partial charge is 0.462 e. The van der Waals surface area contributed by atoms with Gasteiger partial charge in [-0.15, -0.1) is 11.3 Å². The summed E-state index contributed by atoms with van der Waals surface area (Å²) in [6.45, 7) is 3.16. The molecule has 1 fully saturated rings. The van der Waals surface area contributed by atoms with Gasteiger partial charge in [0, 0.05) is 23.0 Å². The number of hydrogen-bond acceptors (Lipinski definition) is 5. The van der Waals surface area contributed by atoms with Gasteiger partial charge in [0.15, 0.2) is 0 Å². The van der Waals surface area contributed by atoms with Crippen LogP contribution in [0.2, 0.25) is 0 Å². The minimum absolute atomic E-state index is 0.263. The van der Waals surface area contributed by atoms with Crippen LogP contribution in [0.4, 0.5) is 10.7 Å². The number of thiophene rings is 1. The standard InChI is InChI=1S/C18H20N2O2S/c1-2-22-18(21)15-14-11-8-9-13(16(14)23-17(15)19)20(10-11)12-6-4-3-5-7-12/h3-7,11,13H,2,8-10,19H2,1H3. The van der Waals surface area contributed by atoms with Gasteiger partial charge in [0.2, 0.25) is 0 Å². The molecule has 4 nitrogen and oxygen atoms in total. The van der Waals surface area contributed by atoms with Gasteiger partial charge in [-0.3, -0.25) is 0 Å². The third kappa shape index (κ3) is 2.22. The third-order valence-corrected chi connectivity index (χ3v) is 6.00. The molecule has 0 spiro atoms. The van der Waals surface area contributed by atoms with Gasteiger partial charge in [-0.05, 0) is 37.5 Å². The Labute approximate surface area is 139 Å². The maximum absolute atomic E-state index is 12.3. The van der Waals surface area contributed by atoms with Crippen molar-refractivity contribution in [3.8, 4) is 0 Å². The predicted molar refractivity (Wildman–Crippen MR) is 93.2 cm³/mol. The highest BCUT2D eigenvalue weighted by atomic mass is 32.1. The number of nitrogens with two attached hydrogens (primary N) is 1. The van der Waals surface area contributed by atoms with Crippen LogP contribution in [0.3, 0.4) is 0 Å². The molecule has 3 heterocycles. The van der Waals surface area contributed by atoms with E-state index in [9.17, 15) is 4.79 Å². The molecule has 2 bridgehead atoms. The Hall–Kier alpha value is -2.01. The van der Waals surface area contributed by atoms with Crippen LogP contribution < -0.4 is 10.6 Å². The topological polar surface area (TPSA) is 55.6 Å². The molecule has 2 unspecified atom stereocenters. The van der Waals surface area contributed by atoms with Crippen molar-refractivity contribution >= 4 is 28.0 Å². The molecule has 120 valence electrons. The van der Waals surface area contributed by atoms with Gasteiger partial charge in [0.25, 0.3) is 0 Å². The van der Waals surface area contributed by atoms with Crippen molar-refractivity contribution in [2.75, 3.05) is 23.8 Å². The number of carbonyl (C=O) groups excluding carboxylic acids is 1. The highest BCUT2D eigenvalue weighted by Crippen LogP contribution is 2.54. The summed E-state index contributed by atoms with van der Waals surface area (Å²) in [6, 6.07) is 10.8. The van der Waals surface area contributed by atoms with E-state index in [1.165, 1.54) is 10.6 Å². The molecule has 0 amide bonds. The normalized spacial score (nSPS) is 22.0. The Morgan fingerprint density at radius 2 is 2.13 bits per heavy atom. The van der Waals surface area contributed by atoms with Gasteiger partial charge in [0.1, 0.15) is 5.00 Å². The molecular formula is C18H20N2O2S. The molecule has 1 saturated heterocycles. The van der Waals surface area contributed by atoms with Crippen LogP contribution in [0.5, 0.6) is 0 Å². The Morgan fingerprint density at radius 1 is 1.35 bits per heavy atom. The molecule has 2 aliphatic heterocycles. The van der Waals surface area contributed by atoms with Crippen molar-refractivity contribution < 1.29 is 9.53 Å². The van der Waals surface area contributed by atoms with Gasteiger partial charge < -0.3 is 15.4 Å². The predicted octanol–water partition coefficient (Wildman–Crippen LogP) is 3.95. The van der Waals surface area contributed by atoms with Crippen LogP contribution in [-0.4, -0.2) is 19.1 Å². The number of piperidine rings is 1. The van der Waals surface area contributed by atoms with E-state index in [0.29, 0.717) is 29.1 Å². The van der Waals surface area contributed by atoms with Crippen molar-refractivity contribution in [3.05, 3.63) is 46.3 Å². The van der Waals surface area contributed by atoms with Crippen LogP contribution in [0.25, 0.3) is 0 Å². The first-order valence-corrected chi connectivity index (χ1v) is 8.93. The average molecular weight is 328 g/mol. The smallest absolute Gasteiger partial charge is 0.341 e. The second-order valence-electron chi connectivity index (χ2n) is 6.12. The second kappa shape index (κ2) is 5.57. The van der Waals surface area contributed by atoms with Crippen molar-refractivity contribution in [2.24, 2.45) is 0 Å². The summed E-state index contributed by atoms with van der Waals surface area (Å²) in [5, 5.41) is 0.611. The molecule has 23 heavy (non-hydrogen) atoms. The molecule has 5 heteroatoms. The van der Waals surface area contributed by atoms with Gasteiger partial charge in [0.05, 0.1) is 18.2 Å². The fourth-order valence-corrected chi connectivity index (χ4v) is 5.22. The van der Waals surface area contributed by atoms with E-state index in [4.69, 9.17) is 10.5 Å². The molecule has 1 aliphatic carbocycles. The zero-order chi connectivity index (χ0) is 16.0. The van der Waals surface area contributed by atoms with Crippen LogP contribution in [0.1, 0.15) is 52.5 Å². The van der Waals surface area contributed by atoms with Gasteiger partial charge in [-0.1, -0.05) is 18.2 Å². The number of benzene rings is 1. The maximum atomic E-state index is 12.3. The summed E-state index contributed by atoms with van der Waals surface area (Å²) in [5.41, 5.74) is 9.23.